The zero-order valence-electron chi connectivity index (χ0n) is 14.6. The van der Waals surface area contributed by atoms with Crippen molar-refractivity contribution in [1.29, 1.82) is 0 Å². The number of anilines is 1. The fourth-order valence-electron chi connectivity index (χ4n) is 4.26. The largest absolute Gasteiger partial charge is 0.416 e. The Balaban J connectivity index is 1.73. The summed E-state index contributed by atoms with van der Waals surface area (Å²) >= 11 is 7.72. The zero-order chi connectivity index (χ0) is 17.9. The Kier molecular flexibility index (Phi) is 3.57. The maximum atomic E-state index is 5.91. The van der Waals surface area contributed by atoms with E-state index in [9.17, 15) is 0 Å². The molecule has 4 nitrogen and oxygen atoms in total. The minimum atomic E-state index is -0.234. The summed E-state index contributed by atoms with van der Waals surface area (Å²) in [6.07, 6.45) is 0.849. The summed E-state index contributed by atoms with van der Waals surface area (Å²) in [7, 11) is 3.40. The van der Waals surface area contributed by atoms with Gasteiger partial charge in [-0.25, -0.2) is 5.06 Å². The predicted molar refractivity (Wildman–Crippen MR) is 109 cm³/mol. The molecular weight excluding hydrogens is 364 g/mol. The van der Waals surface area contributed by atoms with Gasteiger partial charge in [0.2, 0.25) is 0 Å². The van der Waals surface area contributed by atoms with Crippen molar-refractivity contribution in [2.24, 2.45) is 0 Å². The lowest BCUT2D eigenvalue weighted by Crippen LogP contribution is -2.44. The molecule has 132 valence electrons. The molecule has 0 N–H and O–H groups in total. The minimum Gasteiger partial charge on any atom is -0.416 e. The van der Waals surface area contributed by atoms with E-state index in [2.05, 4.69) is 36.4 Å². The molecule has 1 spiro atoms. The number of rotatable bonds is 2. The predicted octanol–water partition coefficient (Wildman–Crippen LogP) is 3.99. The van der Waals surface area contributed by atoms with E-state index in [1.54, 1.807) is 14.2 Å². The molecular formula is C20H18N2O2S2. The van der Waals surface area contributed by atoms with E-state index in [1.807, 2.05) is 33.7 Å². The molecule has 2 aliphatic heterocycles. The van der Waals surface area contributed by atoms with Crippen molar-refractivity contribution in [3.05, 3.63) is 59.7 Å². The highest BCUT2D eigenvalue weighted by atomic mass is 32.2. The molecule has 1 atom stereocenters. The van der Waals surface area contributed by atoms with Crippen LogP contribution in [-0.4, -0.2) is 29.7 Å². The molecule has 5 rings (SSSR count). The maximum Gasteiger partial charge on any atom is 0.121 e. The first kappa shape index (κ1) is 16.2. The van der Waals surface area contributed by atoms with E-state index in [-0.39, 0.29) is 5.41 Å². The molecule has 3 aromatic rings. The van der Waals surface area contributed by atoms with Crippen LogP contribution in [0.15, 0.2) is 53.6 Å². The van der Waals surface area contributed by atoms with Crippen LogP contribution in [0.3, 0.4) is 0 Å². The molecule has 0 fully saturated rings. The van der Waals surface area contributed by atoms with E-state index in [1.165, 1.54) is 21.5 Å². The highest BCUT2D eigenvalue weighted by Crippen LogP contribution is 2.52. The average molecular weight is 383 g/mol. The summed E-state index contributed by atoms with van der Waals surface area (Å²) in [5.41, 5.74) is 4.47. The Bertz CT molecular complexity index is 1050. The Morgan fingerprint density at radius 3 is 2.62 bits per heavy atom. The van der Waals surface area contributed by atoms with Gasteiger partial charge in [-0.2, -0.15) is 4.73 Å². The molecule has 26 heavy (non-hydrogen) atoms. The molecule has 1 aromatic heterocycles. The van der Waals surface area contributed by atoms with Gasteiger partial charge in [-0.15, -0.1) is 11.8 Å². The first-order chi connectivity index (χ1) is 12.7. The molecule has 3 heterocycles. The summed E-state index contributed by atoms with van der Waals surface area (Å²) < 4.78 is 1.94. The lowest BCUT2D eigenvalue weighted by Gasteiger charge is -2.34. The molecule has 0 radical (unpaired) electrons. The average Bonchev–Trinajstić information content (AvgIpc) is 3.12. The summed E-state index contributed by atoms with van der Waals surface area (Å²) in [5, 5.41) is 4.22. The van der Waals surface area contributed by atoms with Gasteiger partial charge in [0.25, 0.3) is 0 Å². The van der Waals surface area contributed by atoms with Crippen LogP contribution < -0.4 is 9.90 Å². The van der Waals surface area contributed by atoms with Gasteiger partial charge >= 0.3 is 0 Å². The van der Waals surface area contributed by atoms with Crippen molar-refractivity contribution < 1.29 is 9.68 Å². The van der Waals surface area contributed by atoms with Crippen LogP contribution in [0.1, 0.15) is 11.1 Å². The lowest BCUT2D eigenvalue weighted by molar-refractivity contribution is 0.157. The number of benzene rings is 2. The van der Waals surface area contributed by atoms with Gasteiger partial charge < -0.3 is 4.84 Å². The molecule has 0 saturated carbocycles. The number of para-hydroxylation sites is 2. The summed E-state index contributed by atoms with van der Waals surface area (Å²) in [4.78, 5) is 12.2. The number of fused-ring (bicyclic) bond motifs is 5. The number of nitrogens with zero attached hydrogens (tertiary/aromatic N) is 2. The highest BCUT2D eigenvalue weighted by molar-refractivity contribution is 7.99. The van der Waals surface area contributed by atoms with E-state index in [4.69, 9.17) is 21.9 Å². The summed E-state index contributed by atoms with van der Waals surface area (Å²) in [6, 6.07) is 16.8. The fourth-order valence-corrected chi connectivity index (χ4v) is 6.20. The standard InChI is InChI=1S/C20H18N2O2S2/c1-23-21-16-9-5-3-7-13(16)14-11-20(12-26-18(14)21)15-8-4-6-10-17(15)22(24-2)19(20)25/h3-10H,11-12H2,1-2H3. The van der Waals surface area contributed by atoms with Gasteiger partial charge in [-0.05, 0) is 29.7 Å². The van der Waals surface area contributed by atoms with Crippen LogP contribution in [0.25, 0.3) is 10.9 Å². The second-order valence-corrected chi connectivity index (χ2v) is 7.98. The van der Waals surface area contributed by atoms with E-state index >= 15 is 0 Å². The highest BCUT2D eigenvalue weighted by Gasteiger charge is 2.51. The van der Waals surface area contributed by atoms with Crippen LogP contribution in [0.5, 0.6) is 0 Å². The van der Waals surface area contributed by atoms with E-state index in [0.29, 0.717) is 0 Å². The van der Waals surface area contributed by atoms with E-state index in [0.717, 1.165) is 28.4 Å². The molecule has 1 unspecified atom stereocenters. The Morgan fingerprint density at radius 1 is 1.04 bits per heavy atom. The van der Waals surface area contributed by atoms with Crippen LogP contribution in [0, 0.1) is 0 Å². The van der Waals surface area contributed by atoms with Crippen molar-refractivity contribution in [1.82, 2.24) is 4.73 Å². The molecule has 0 bridgehead atoms. The van der Waals surface area contributed by atoms with Crippen LogP contribution in [0.4, 0.5) is 5.69 Å². The van der Waals surface area contributed by atoms with Gasteiger partial charge in [-0.3, -0.25) is 4.84 Å². The van der Waals surface area contributed by atoms with Gasteiger partial charge in [0.1, 0.15) is 17.1 Å². The number of thiocarbonyl (C=S) groups is 1. The first-order valence-electron chi connectivity index (χ1n) is 8.49. The summed E-state index contributed by atoms with van der Waals surface area (Å²) in [5.74, 6) is 0.870. The Labute approximate surface area is 161 Å². The molecule has 2 aliphatic rings. The third kappa shape index (κ3) is 1.92. The van der Waals surface area contributed by atoms with Crippen molar-refractivity contribution in [3.63, 3.8) is 0 Å². The molecule has 0 saturated heterocycles. The second-order valence-electron chi connectivity index (χ2n) is 6.62. The minimum absolute atomic E-state index is 0.234. The number of hydroxylamine groups is 1. The van der Waals surface area contributed by atoms with Gasteiger partial charge in [0, 0.05) is 11.1 Å². The van der Waals surface area contributed by atoms with Gasteiger partial charge in [-0.1, -0.05) is 48.6 Å². The molecule has 6 heteroatoms. The summed E-state index contributed by atoms with van der Waals surface area (Å²) in [6.45, 7) is 0. The number of thioether (sulfide) groups is 1. The van der Waals surface area contributed by atoms with Crippen molar-refractivity contribution in [2.45, 2.75) is 16.9 Å². The number of hydrogen-bond acceptors (Lipinski definition) is 4. The first-order valence-corrected chi connectivity index (χ1v) is 9.88. The topological polar surface area (TPSA) is 26.6 Å². The Hall–Kier alpha value is -2.02. The maximum absolute atomic E-state index is 5.91. The molecule has 0 aliphatic carbocycles. The van der Waals surface area contributed by atoms with Crippen LogP contribution in [0.2, 0.25) is 0 Å². The number of hydrogen-bond donors (Lipinski definition) is 0. The fraction of sp³-hybridized carbons (Fsp3) is 0.250. The van der Waals surface area contributed by atoms with Crippen molar-refractivity contribution >= 4 is 45.6 Å². The van der Waals surface area contributed by atoms with Gasteiger partial charge in [0.15, 0.2) is 0 Å². The third-order valence-electron chi connectivity index (χ3n) is 5.42. The SMILES string of the molecule is CON1C(=S)C2(CSc3c(c4ccccc4n3OC)C2)c2ccccc21. The van der Waals surface area contributed by atoms with Crippen LogP contribution in [-0.2, 0) is 16.7 Å². The van der Waals surface area contributed by atoms with Gasteiger partial charge in [0.05, 0.1) is 23.7 Å². The molecule has 2 aromatic carbocycles. The van der Waals surface area contributed by atoms with E-state index < -0.39 is 0 Å². The second kappa shape index (κ2) is 5.74. The normalized spacial score (nSPS) is 21.3. The quantitative estimate of drug-likeness (QED) is 0.625. The smallest absolute Gasteiger partial charge is 0.121 e. The van der Waals surface area contributed by atoms with Crippen molar-refractivity contribution in [2.75, 3.05) is 25.0 Å². The number of aromatic nitrogens is 1. The monoisotopic (exact) mass is 382 g/mol. The van der Waals surface area contributed by atoms with Crippen molar-refractivity contribution in [3.8, 4) is 0 Å². The molecule has 0 amide bonds. The Morgan fingerprint density at radius 2 is 1.81 bits per heavy atom. The lowest BCUT2D eigenvalue weighted by atomic mass is 9.78. The third-order valence-corrected chi connectivity index (χ3v) is 7.30. The van der Waals surface area contributed by atoms with Crippen LogP contribution >= 0.6 is 24.0 Å². The zero-order valence-corrected chi connectivity index (χ0v) is 16.2.